The molecule has 0 aliphatic carbocycles. The van der Waals surface area contributed by atoms with Gasteiger partial charge in [-0.25, -0.2) is 0 Å². The van der Waals surface area contributed by atoms with Crippen LogP contribution in [-0.4, -0.2) is 23.3 Å². The fourth-order valence-corrected chi connectivity index (χ4v) is 1.53. The number of benzene rings is 1. The van der Waals surface area contributed by atoms with Gasteiger partial charge in [-0.3, -0.25) is 0 Å². The van der Waals surface area contributed by atoms with Gasteiger partial charge in [0.1, 0.15) is 5.75 Å². The van der Waals surface area contributed by atoms with Crippen molar-refractivity contribution in [3.63, 3.8) is 0 Å². The van der Waals surface area contributed by atoms with Crippen LogP contribution in [-0.2, 0) is 6.54 Å². The molecule has 0 fully saturated rings. The second kappa shape index (κ2) is 5.64. The highest BCUT2D eigenvalue weighted by atomic mass is 16.5. The molecule has 5 heteroatoms. The summed E-state index contributed by atoms with van der Waals surface area (Å²) in [7, 11) is 1.64. The van der Waals surface area contributed by atoms with Crippen LogP contribution in [0.3, 0.4) is 0 Å². The summed E-state index contributed by atoms with van der Waals surface area (Å²) in [6.07, 6.45) is 0. The highest BCUT2D eigenvalue weighted by molar-refractivity contribution is 5.55. The molecule has 0 radical (unpaired) electrons. The number of nitrogens with two attached hydrogens (primary N) is 1. The standard InChI is InChI=1S/C13H17N3O2/c1-9(2)14-8-12-15-13(16-18-12)10-4-6-11(17-3)7-5-10/h4-7,9,14H,8H2,1-3H3/p+1. The Morgan fingerprint density at radius 1 is 1.28 bits per heavy atom. The summed E-state index contributed by atoms with van der Waals surface area (Å²) in [5, 5.41) is 6.12. The SMILES string of the molecule is COc1ccc(-c2noc(C[NH2+]C(C)C)n2)cc1. The van der Waals surface area contributed by atoms with Crippen LogP contribution in [0, 0.1) is 0 Å². The highest BCUT2D eigenvalue weighted by Crippen LogP contribution is 2.19. The molecule has 1 aromatic carbocycles. The van der Waals surface area contributed by atoms with Crippen molar-refractivity contribution < 1.29 is 14.6 Å². The van der Waals surface area contributed by atoms with Crippen LogP contribution < -0.4 is 10.1 Å². The summed E-state index contributed by atoms with van der Waals surface area (Å²) < 4.78 is 10.3. The predicted octanol–water partition coefficient (Wildman–Crippen LogP) is 1.22. The highest BCUT2D eigenvalue weighted by Gasteiger charge is 2.10. The van der Waals surface area contributed by atoms with Gasteiger partial charge in [0.25, 0.3) is 5.89 Å². The van der Waals surface area contributed by atoms with Crippen molar-refractivity contribution in [2.24, 2.45) is 0 Å². The predicted molar refractivity (Wildman–Crippen MR) is 67.1 cm³/mol. The molecule has 0 aliphatic rings. The smallest absolute Gasteiger partial charge is 0.282 e. The van der Waals surface area contributed by atoms with Crippen molar-refractivity contribution in [1.29, 1.82) is 0 Å². The van der Waals surface area contributed by atoms with Gasteiger partial charge < -0.3 is 14.6 Å². The lowest BCUT2D eigenvalue weighted by Gasteiger charge is -2.00. The van der Waals surface area contributed by atoms with Crippen molar-refractivity contribution >= 4 is 0 Å². The lowest BCUT2D eigenvalue weighted by Crippen LogP contribution is -2.86. The topological polar surface area (TPSA) is 64.8 Å². The van der Waals surface area contributed by atoms with Gasteiger partial charge in [0.15, 0.2) is 6.54 Å². The molecular weight excluding hydrogens is 230 g/mol. The third-order valence-corrected chi connectivity index (χ3v) is 2.58. The maximum atomic E-state index is 5.20. The van der Waals surface area contributed by atoms with Gasteiger partial charge in [-0.2, -0.15) is 4.98 Å². The minimum absolute atomic E-state index is 0.515. The van der Waals surface area contributed by atoms with Gasteiger partial charge in [-0.05, 0) is 38.1 Å². The van der Waals surface area contributed by atoms with Gasteiger partial charge in [0.2, 0.25) is 5.82 Å². The normalized spacial score (nSPS) is 10.9. The molecule has 0 saturated carbocycles. The van der Waals surface area contributed by atoms with Crippen molar-refractivity contribution in [3.8, 4) is 17.1 Å². The van der Waals surface area contributed by atoms with Crippen LogP contribution in [0.1, 0.15) is 19.7 Å². The third-order valence-electron chi connectivity index (χ3n) is 2.58. The molecule has 96 valence electrons. The number of aromatic nitrogens is 2. The van der Waals surface area contributed by atoms with Crippen LogP contribution in [0.5, 0.6) is 5.75 Å². The summed E-state index contributed by atoms with van der Waals surface area (Å²) >= 11 is 0. The Bertz CT molecular complexity index is 491. The number of nitrogens with zero attached hydrogens (tertiary/aromatic N) is 2. The molecule has 0 spiro atoms. The Labute approximate surface area is 106 Å². The first kappa shape index (κ1) is 12.6. The zero-order chi connectivity index (χ0) is 13.0. The van der Waals surface area contributed by atoms with Crippen LogP contribution in [0.4, 0.5) is 0 Å². The van der Waals surface area contributed by atoms with E-state index >= 15 is 0 Å². The molecule has 0 saturated heterocycles. The Morgan fingerprint density at radius 3 is 2.61 bits per heavy atom. The van der Waals surface area contributed by atoms with Crippen LogP contribution in [0.2, 0.25) is 0 Å². The Hall–Kier alpha value is -1.88. The van der Waals surface area contributed by atoms with E-state index in [9.17, 15) is 0 Å². The summed E-state index contributed by atoms with van der Waals surface area (Å²) in [6, 6.07) is 8.11. The van der Waals surface area contributed by atoms with E-state index in [1.165, 1.54) is 0 Å². The zero-order valence-corrected chi connectivity index (χ0v) is 10.9. The van der Waals surface area contributed by atoms with Gasteiger partial charge in [-0.15, -0.1) is 0 Å². The lowest BCUT2D eigenvalue weighted by molar-refractivity contribution is -0.700. The maximum absolute atomic E-state index is 5.20. The van der Waals surface area contributed by atoms with E-state index in [0.29, 0.717) is 24.3 Å². The van der Waals surface area contributed by atoms with Crippen molar-refractivity contribution in [3.05, 3.63) is 30.2 Å². The van der Waals surface area contributed by atoms with Crippen molar-refractivity contribution in [2.75, 3.05) is 7.11 Å². The van der Waals surface area contributed by atoms with Crippen molar-refractivity contribution in [1.82, 2.24) is 10.1 Å². The third kappa shape index (κ3) is 3.07. The van der Waals surface area contributed by atoms with Crippen LogP contribution in [0.15, 0.2) is 28.8 Å². The van der Waals surface area contributed by atoms with Crippen LogP contribution >= 0.6 is 0 Å². The first-order valence-corrected chi connectivity index (χ1v) is 5.99. The molecule has 0 atom stereocenters. The molecule has 2 aromatic rings. The van der Waals surface area contributed by atoms with E-state index < -0.39 is 0 Å². The molecule has 0 bridgehead atoms. The van der Waals surface area contributed by atoms with Crippen LogP contribution in [0.25, 0.3) is 11.4 Å². The minimum atomic E-state index is 0.515. The molecule has 1 aromatic heterocycles. The fourth-order valence-electron chi connectivity index (χ4n) is 1.53. The van der Waals surface area contributed by atoms with Gasteiger partial charge in [0.05, 0.1) is 13.2 Å². The van der Waals surface area contributed by atoms with E-state index in [2.05, 4.69) is 29.3 Å². The number of rotatable bonds is 5. The number of quaternary nitrogens is 1. The maximum Gasteiger partial charge on any atom is 0.282 e. The van der Waals surface area contributed by atoms with E-state index in [-0.39, 0.29) is 0 Å². The molecule has 18 heavy (non-hydrogen) atoms. The molecule has 2 rings (SSSR count). The number of hydrogen-bond acceptors (Lipinski definition) is 4. The average Bonchev–Trinajstić information content (AvgIpc) is 2.85. The molecule has 2 N–H and O–H groups in total. The molecule has 0 amide bonds. The second-order valence-electron chi connectivity index (χ2n) is 4.42. The minimum Gasteiger partial charge on any atom is -0.497 e. The van der Waals surface area contributed by atoms with E-state index in [4.69, 9.17) is 9.26 Å². The fraction of sp³-hybridized carbons (Fsp3) is 0.385. The first-order valence-electron chi connectivity index (χ1n) is 5.99. The summed E-state index contributed by atoms with van der Waals surface area (Å²) in [4.78, 5) is 4.36. The molecule has 0 unspecified atom stereocenters. The van der Waals surface area contributed by atoms with Gasteiger partial charge >= 0.3 is 0 Å². The monoisotopic (exact) mass is 248 g/mol. The number of ether oxygens (including phenoxy) is 1. The summed E-state index contributed by atoms with van der Waals surface area (Å²) in [5.41, 5.74) is 0.926. The van der Waals surface area contributed by atoms with Gasteiger partial charge in [-0.1, -0.05) is 5.16 Å². The number of methoxy groups -OCH3 is 1. The Kier molecular flexibility index (Phi) is 3.94. The number of hydrogen-bond donors (Lipinski definition) is 1. The summed E-state index contributed by atoms with van der Waals surface area (Å²) in [6.45, 7) is 4.96. The second-order valence-corrected chi connectivity index (χ2v) is 4.42. The molecule has 1 heterocycles. The summed E-state index contributed by atoms with van der Waals surface area (Å²) in [5.74, 6) is 2.08. The van der Waals surface area contributed by atoms with Crippen molar-refractivity contribution in [2.45, 2.75) is 26.4 Å². The zero-order valence-electron chi connectivity index (χ0n) is 10.9. The Balaban J connectivity index is 2.08. The first-order chi connectivity index (χ1) is 8.69. The average molecular weight is 248 g/mol. The molecular formula is C13H18N3O2+. The van der Waals surface area contributed by atoms with Gasteiger partial charge in [0, 0.05) is 5.56 Å². The quantitative estimate of drug-likeness (QED) is 0.864. The largest absolute Gasteiger partial charge is 0.497 e. The molecule has 5 nitrogen and oxygen atoms in total. The van der Waals surface area contributed by atoms with E-state index in [1.807, 2.05) is 24.3 Å². The lowest BCUT2D eigenvalue weighted by atomic mass is 10.2. The Morgan fingerprint density at radius 2 is 2.00 bits per heavy atom. The van der Waals surface area contributed by atoms with E-state index in [1.54, 1.807) is 7.11 Å². The van der Waals surface area contributed by atoms with E-state index in [0.717, 1.165) is 11.3 Å². The molecule has 0 aliphatic heterocycles.